The molecule has 4 N–H and O–H groups in total. The van der Waals surface area contributed by atoms with Crippen LogP contribution in [0.4, 0.5) is 16.2 Å². The lowest BCUT2D eigenvalue weighted by Crippen LogP contribution is -2.66. The highest BCUT2D eigenvalue weighted by Crippen LogP contribution is 2.37. The second kappa shape index (κ2) is 7.49. The number of benzene rings is 1. The van der Waals surface area contributed by atoms with Gasteiger partial charge in [-0.15, -0.1) is 0 Å². The Morgan fingerprint density at radius 3 is 2.56 bits per heavy atom. The van der Waals surface area contributed by atoms with E-state index in [-0.39, 0.29) is 24.1 Å². The van der Waals surface area contributed by atoms with Crippen LogP contribution in [0.2, 0.25) is 0 Å². The number of piperazine rings is 1. The van der Waals surface area contributed by atoms with Crippen molar-refractivity contribution in [2.45, 2.75) is 39.5 Å². The summed E-state index contributed by atoms with van der Waals surface area (Å²) in [5.41, 5.74) is 7.88. The Hall–Kier alpha value is -1.99. The monoisotopic (exact) mass is 351 g/mol. The molecule has 2 atom stereocenters. The summed E-state index contributed by atoms with van der Waals surface area (Å²) in [5.74, 6) is 0. The van der Waals surface area contributed by atoms with Gasteiger partial charge >= 0.3 is 6.09 Å². The number of hydrogen-bond donors (Lipinski definition) is 3. The molecule has 1 aliphatic heterocycles. The smallest absolute Gasteiger partial charge is 0.407 e. The van der Waals surface area contributed by atoms with E-state index in [2.05, 4.69) is 25.7 Å². The Morgan fingerprint density at radius 1 is 1.36 bits per heavy atom. The maximum atomic E-state index is 11.7. The number of amides is 1. The molecule has 1 heterocycles. The van der Waals surface area contributed by atoms with E-state index in [1.54, 1.807) is 13.2 Å². The Balaban J connectivity index is 2.52. The lowest BCUT2D eigenvalue weighted by molar-refractivity contribution is 0.0319. The van der Waals surface area contributed by atoms with Crippen LogP contribution in [0.5, 0.6) is 0 Å². The van der Waals surface area contributed by atoms with Gasteiger partial charge in [-0.25, -0.2) is 4.79 Å². The number of carbonyl (C=O) groups is 1. The standard InChI is InChI=1S/C18H29N3O4/c1-18(2,3)16-15(11-25-4)21(17(23)24)8-7-20(16)14-6-5-13(19)9-12(14)10-22/h5-6,9,15-16,22H,7-8,10-11,19H2,1-4H3,(H,23,24)/t15?,16-/m0/s1. The van der Waals surface area contributed by atoms with Crippen molar-refractivity contribution in [2.24, 2.45) is 5.41 Å². The number of nitrogen functional groups attached to an aromatic ring is 1. The number of hydrogen-bond acceptors (Lipinski definition) is 5. The van der Waals surface area contributed by atoms with Gasteiger partial charge in [-0.2, -0.15) is 0 Å². The number of aliphatic hydroxyl groups excluding tert-OH is 1. The third-order valence-corrected chi connectivity index (χ3v) is 4.74. The molecule has 2 rings (SSSR count). The molecule has 1 saturated heterocycles. The van der Waals surface area contributed by atoms with Gasteiger partial charge in [-0.1, -0.05) is 20.8 Å². The van der Waals surface area contributed by atoms with Gasteiger partial charge in [0.1, 0.15) is 0 Å². The van der Waals surface area contributed by atoms with Crippen LogP contribution in [0.3, 0.4) is 0 Å². The van der Waals surface area contributed by atoms with E-state index in [1.165, 1.54) is 4.90 Å². The van der Waals surface area contributed by atoms with Crippen LogP contribution >= 0.6 is 0 Å². The first-order valence-corrected chi connectivity index (χ1v) is 8.45. The number of nitrogens with zero attached hydrogens (tertiary/aromatic N) is 2. The van der Waals surface area contributed by atoms with Crippen LogP contribution < -0.4 is 10.6 Å². The van der Waals surface area contributed by atoms with E-state index >= 15 is 0 Å². The minimum absolute atomic E-state index is 0.105. The molecule has 1 aromatic rings. The molecule has 0 spiro atoms. The minimum atomic E-state index is -0.935. The predicted octanol–water partition coefficient (Wildman–Crippen LogP) is 1.99. The summed E-state index contributed by atoms with van der Waals surface area (Å²) in [7, 11) is 1.58. The maximum Gasteiger partial charge on any atom is 0.407 e. The van der Waals surface area contributed by atoms with Crippen molar-refractivity contribution in [3.8, 4) is 0 Å². The molecule has 0 bridgehead atoms. The first-order chi connectivity index (χ1) is 11.7. The Bertz CT molecular complexity index is 615. The van der Waals surface area contributed by atoms with Crippen LogP contribution in [0, 0.1) is 5.41 Å². The molecule has 1 fully saturated rings. The molecule has 1 aliphatic rings. The summed E-state index contributed by atoms with van der Waals surface area (Å²) in [6.45, 7) is 7.40. The SMILES string of the molecule is COCC1[C@@H](C(C)(C)C)N(c2ccc(N)cc2CO)CCN1C(=O)O. The number of anilines is 2. The van der Waals surface area contributed by atoms with Crippen molar-refractivity contribution in [1.29, 1.82) is 0 Å². The highest BCUT2D eigenvalue weighted by atomic mass is 16.5. The Labute approximate surface area is 149 Å². The summed E-state index contributed by atoms with van der Waals surface area (Å²) >= 11 is 0. The summed E-state index contributed by atoms with van der Waals surface area (Å²) < 4.78 is 5.35. The average Bonchev–Trinajstić information content (AvgIpc) is 2.53. The fourth-order valence-electron chi connectivity index (χ4n) is 3.82. The van der Waals surface area contributed by atoms with Crippen molar-refractivity contribution in [1.82, 2.24) is 4.90 Å². The highest BCUT2D eigenvalue weighted by Gasteiger charge is 2.45. The molecule has 0 saturated carbocycles. The third-order valence-electron chi connectivity index (χ3n) is 4.74. The molecule has 7 nitrogen and oxygen atoms in total. The molecule has 0 aliphatic carbocycles. The van der Waals surface area contributed by atoms with Gasteiger partial charge in [0.05, 0.1) is 25.3 Å². The largest absolute Gasteiger partial charge is 0.465 e. The molecule has 140 valence electrons. The van der Waals surface area contributed by atoms with Crippen LogP contribution in [-0.2, 0) is 11.3 Å². The van der Waals surface area contributed by atoms with Crippen LogP contribution in [0.1, 0.15) is 26.3 Å². The summed E-state index contributed by atoms with van der Waals surface area (Å²) in [5, 5.41) is 19.4. The lowest BCUT2D eigenvalue weighted by atomic mass is 9.79. The number of nitrogens with two attached hydrogens (primary N) is 1. The zero-order valence-corrected chi connectivity index (χ0v) is 15.4. The van der Waals surface area contributed by atoms with Gasteiger partial charge in [0.25, 0.3) is 0 Å². The number of rotatable bonds is 4. The van der Waals surface area contributed by atoms with Crippen molar-refractivity contribution in [3.05, 3.63) is 23.8 Å². The zero-order chi connectivity index (χ0) is 18.8. The van der Waals surface area contributed by atoms with Gasteiger partial charge < -0.3 is 25.6 Å². The van der Waals surface area contributed by atoms with E-state index in [9.17, 15) is 15.0 Å². The number of ether oxygens (including phenoxy) is 1. The number of aliphatic hydroxyl groups is 1. The topological polar surface area (TPSA) is 99.3 Å². The summed E-state index contributed by atoms with van der Waals surface area (Å²) in [6.07, 6.45) is -0.935. The zero-order valence-electron chi connectivity index (χ0n) is 15.4. The number of methoxy groups -OCH3 is 1. The molecule has 7 heteroatoms. The summed E-state index contributed by atoms with van der Waals surface area (Å²) in [4.78, 5) is 15.4. The molecule has 0 aromatic heterocycles. The Kier molecular flexibility index (Phi) is 5.80. The second-order valence-electron chi connectivity index (χ2n) is 7.55. The van der Waals surface area contributed by atoms with Crippen LogP contribution in [0.25, 0.3) is 0 Å². The van der Waals surface area contributed by atoms with Gasteiger partial charge in [0.2, 0.25) is 0 Å². The molecular weight excluding hydrogens is 322 g/mol. The van der Waals surface area contributed by atoms with E-state index in [4.69, 9.17) is 10.5 Å². The van der Waals surface area contributed by atoms with Crippen LogP contribution in [0.15, 0.2) is 18.2 Å². The van der Waals surface area contributed by atoms with Crippen LogP contribution in [-0.4, -0.2) is 60.1 Å². The molecule has 1 unspecified atom stereocenters. The first kappa shape index (κ1) is 19.3. The predicted molar refractivity (Wildman–Crippen MR) is 97.8 cm³/mol. The number of carboxylic acid groups (broad SMARTS) is 1. The fourth-order valence-corrected chi connectivity index (χ4v) is 3.82. The van der Waals surface area contributed by atoms with E-state index < -0.39 is 6.09 Å². The molecule has 1 amide bonds. The summed E-state index contributed by atoms with van der Waals surface area (Å²) in [6, 6.07) is 5.07. The molecule has 1 aromatic carbocycles. The Morgan fingerprint density at radius 2 is 2.04 bits per heavy atom. The minimum Gasteiger partial charge on any atom is -0.465 e. The van der Waals surface area contributed by atoms with Gasteiger partial charge in [-0.3, -0.25) is 4.90 Å². The lowest BCUT2D eigenvalue weighted by Gasteiger charge is -2.52. The third kappa shape index (κ3) is 3.99. The van der Waals surface area contributed by atoms with Crippen molar-refractivity contribution in [3.63, 3.8) is 0 Å². The van der Waals surface area contributed by atoms with Gasteiger partial charge in [0.15, 0.2) is 0 Å². The van der Waals surface area contributed by atoms with Crippen molar-refractivity contribution in [2.75, 3.05) is 37.4 Å². The second-order valence-corrected chi connectivity index (χ2v) is 7.55. The van der Waals surface area contributed by atoms with Crippen molar-refractivity contribution < 1.29 is 19.7 Å². The van der Waals surface area contributed by atoms with E-state index in [0.717, 1.165) is 11.3 Å². The molecular formula is C18H29N3O4. The average molecular weight is 351 g/mol. The van der Waals surface area contributed by atoms with Gasteiger partial charge in [0, 0.05) is 37.1 Å². The highest BCUT2D eigenvalue weighted by molar-refractivity contribution is 5.67. The maximum absolute atomic E-state index is 11.7. The molecule has 25 heavy (non-hydrogen) atoms. The quantitative estimate of drug-likeness (QED) is 0.718. The normalized spacial score (nSPS) is 21.5. The van der Waals surface area contributed by atoms with E-state index in [1.807, 2.05) is 12.1 Å². The van der Waals surface area contributed by atoms with Crippen molar-refractivity contribution >= 4 is 17.5 Å². The molecule has 0 radical (unpaired) electrons. The first-order valence-electron chi connectivity index (χ1n) is 8.45. The van der Waals surface area contributed by atoms with Gasteiger partial charge in [-0.05, 0) is 23.6 Å². The fraction of sp³-hybridized carbons (Fsp3) is 0.611. The van der Waals surface area contributed by atoms with E-state index in [0.29, 0.717) is 25.4 Å².